The summed E-state index contributed by atoms with van der Waals surface area (Å²) in [5, 5.41) is 17.8. The summed E-state index contributed by atoms with van der Waals surface area (Å²) in [4.78, 5) is 25.8. The Morgan fingerprint density at radius 2 is 2.00 bits per heavy atom. The number of aryl methyl sites for hydroxylation is 2. The highest BCUT2D eigenvalue weighted by atomic mass is 32.1. The third-order valence-corrected chi connectivity index (χ3v) is 6.02. The lowest BCUT2D eigenvalue weighted by Crippen LogP contribution is -2.43. The van der Waals surface area contributed by atoms with Crippen molar-refractivity contribution >= 4 is 33.4 Å². The van der Waals surface area contributed by atoms with Crippen molar-refractivity contribution < 1.29 is 14.7 Å². The van der Waals surface area contributed by atoms with Gasteiger partial charge in [-0.1, -0.05) is 25.7 Å². The van der Waals surface area contributed by atoms with Gasteiger partial charge in [-0.25, -0.2) is 0 Å². The number of nitrogens with one attached hydrogen (secondary N) is 1. The lowest BCUT2D eigenvalue weighted by Gasteiger charge is -2.27. The van der Waals surface area contributed by atoms with Crippen molar-refractivity contribution in [2.24, 2.45) is 13.0 Å². The quantitative estimate of drug-likeness (QED) is 0.892. The molecule has 1 aliphatic rings. The van der Waals surface area contributed by atoms with Gasteiger partial charge in [0.05, 0.1) is 16.5 Å². The Labute approximate surface area is 144 Å². The second-order valence-electron chi connectivity index (χ2n) is 6.55. The molecule has 0 aromatic carbocycles. The second kappa shape index (κ2) is 6.93. The standard InChI is InChI=1S/C17H23N3O3S/c1-10-12-9-14(24-16(12)20(2)19-10)15(21)18-13-8-6-4-3-5-7-11(13)17(22)23/h9,11,13H,3-8H2,1-2H3,(H,18,21)(H,22,23). The molecule has 0 aliphatic heterocycles. The number of rotatable bonds is 3. The van der Waals surface area contributed by atoms with Crippen molar-refractivity contribution in [1.82, 2.24) is 15.1 Å². The summed E-state index contributed by atoms with van der Waals surface area (Å²) in [6.07, 6.45) is 5.42. The molecule has 2 aromatic heterocycles. The molecule has 2 unspecified atom stereocenters. The molecule has 130 valence electrons. The van der Waals surface area contributed by atoms with Gasteiger partial charge in [-0.05, 0) is 25.8 Å². The molecule has 6 nitrogen and oxygen atoms in total. The Morgan fingerprint density at radius 1 is 1.29 bits per heavy atom. The third kappa shape index (κ3) is 3.31. The van der Waals surface area contributed by atoms with Crippen molar-refractivity contribution in [3.63, 3.8) is 0 Å². The first kappa shape index (κ1) is 17.0. The van der Waals surface area contributed by atoms with Crippen LogP contribution >= 0.6 is 11.3 Å². The molecule has 1 aliphatic carbocycles. The summed E-state index contributed by atoms with van der Waals surface area (Å²) < 4.78 is 1.78. The number of hydrogen-bond donors (Lipinski definition) is 2. The highest BCUT2D eigenvalue weighted by Gasteiger charge is 2.30. The number of amides is 1. The number of carboxylic acid groups (broad SMARTS) is 1. The van der Waals surface area contributed by atoms with Crippen molar-refractivity contribution in [1.29, 1.82) is 0 Å². The van der Waals surface area contributed by atoms with Gasteiger partial charge < -0.3 is 10.4 Å². The van der Waals surface area contributed by atoms with Gasteiger partial charge in [0.25, 0.3) is 5.91 Å². The summed E-state index contributed by atoms with van der Waals surface area (Å²) in [5.74, 6) is -1.47. The van der Waals surface area contributed by atoms with E-state index in [1.807, 2.05) is 20.0 Å². The number of hydrogen-bond acceptors (Lipinski definition) is 4. The zero-order valence-corrected chi connectivity index (χ0v) is 14.9. The number of nitrogens with zero attached hydrogens (tertiary/aromatic N) is 2. The number of carbonyl (C=O) groups is 2. The van der Waals surface area contributed by atoms with Gasteiger partial charge >= 0.3 is 5.97 Å². The fourth-order valence-corrected chi connectivity index (χ4v) is 4.54. The van der Waals surface area contributed by atoms with Gasteiger partial charge in [0.1, 0.15) is 4.83 Å². The van der Waals surface area contributed by atoms with Crippen LogP contribution < -0.4 is 5.32 Å². The third-order valence-electron chi connectivity index (χ3n) is 4.82. The van der Waals surface area contributed by atoms with Crippen LogP contribution in [0.4, 0.5) is 0 Å². The Kier molecular flexibility index (Phi) is 4.89. The first-order valence-corrected chi connectivity index (χ1v) is 9.26. The summed E-state index contributed by atoms with van der Waals surface area (Å²) in [6.45, 7) is 1.92. The van der Waals surface area contributed by atoms with Crippen LogP contribution in [-0.4, -0.2) is 32.8 Å². The normalized spacial score (nSPS) is 22.1. The minimum Gasteiger partial charge on any atom is -0.481 e. The van der Waals surface area contributed by atoms with Crippen LogP contribution in [0, 0.1) is 12.8 Å². The first-order chi connectivity index (χ1) is 11.5. The van der Waals surface area contributed by atoms with E-state index in [4.69, 9.17) is 0 Å². The number of carboxylic acids is 1. The zero-order chi connectivity index (χ0) is 17.3. The lowest BCUT2D eigenvalue weighted by molar-refractivity contribution is -0.143. The number of carbonyl (C=O) groups excluding carboxylic acids is 1. The molecular weight excluding hydrogens is 326 g/mol. The molecule has 3 rings (SSSR count). The Hall–Kier alpha value is -1.89. The van der Waals surface area contributed by atoms with Crippen LogP contribution in [0.25, 0.3) is 10.2 Å². The van der Waals surface area contributed by atoms with Crippen LogP contribution in [0.15, 0.2) is 6.07 Å². The first-order valence-electron chi connectivity index (χ1n) is 8.44. The van der Waals surface area contributed by atoms with E-state index in [0.29, 0.717) is 11.3 Å². The smallest absolute Gasteiger partial charge is 0.308 e. The maximum atomic E-state index is 12.6. The van der Waals surface area contributed by atoms with Crippen molar-refractivity contribution in [3.8, 4) is 0 Å². The molecule has 1 amide bonds. The van der Waals surface area contributed by atoms with Crippen molar-refractivity contribution in [2.75, 3.05) is 0 Å². The van der Waals surface area contributed by atoms with E-state index in [0.717, 1.165) is 48.0 Å². The highest BCUT2D eigenvalue weighted by Crippen LogP contribution is 2.29. The van der Waals surface area contributed by atoms with Crippen LogP contribution in [-0.2, 0) is 11.8 Å². The maximum absolute atomic E-state index is 12.6. The van der Waals surface area contributed by atoms with E-state index in [-0.39, 0.29) is 11.9 Å². The molecule has 2 N–H and O–H groups in total. The summed E-state index contributed by atoms with van der Waals surface area (Å²) in [7, 11) is 1.86. The molecular formula is C17H23N3O3S. The van der Waals surface area contributed by atoms with Gasteiger partial charge in [-0.3, -0.25) is 14.3 Å². The van der Waals surface area contributed by atoms with Crippen molar-refractivity contribution in [2.45, 2.75) is 51.5 Å². The van der Waals surface area contributed by atoms with Gasteiger partial charge in [0.15, 0.2) is 0 Å². The molecule has 0 spiro atoms. The summed E-state index contributed by atoms with van der Waals surface area (Å²) in [5.41, 5.74) is 0.900. The van der Waals surface area contributed by atoms with E-state index in [9.17, 15) is 14.7 Å². The zero-order valence-electron chi connectivity index (χ0n) is 14.0. The van der Waals surface area contributed by atoms with E-state index in [2.05, 4.69) is 10.4 Å². The lowest BCUT2D eigenvalue weighted by atomic mass is 9.87. The molecule has 0 bridgehead atoms. The average molecular weight is 349 g/mol. The number of aliphatic carboxylic acids is 1. The molecule has 0 radical (unpaired) electrons. The second-order valence-corrected chi connectivity index (χ2v) is 7.59. The van der Waals surface area contributed by atoms with E-state index < -0.39 is 11.9 Å². The summed E-state index contributed by atoms with van der Waals surface area (Å²) in [6, 6.07) is 1.57. The number of thiophene rings is 1. The van der Waals surface area contributed by atoms with Gasteiger partial charge in [0.2, 0.25) is 0 Å². The maximum Gasteiger partial charge on any atom is 0.308 e. The van der Waals surface area contributed by atoms with Gasteiger partial charge in [-0.15, -0.1) is 11.3 Å². The molecule has 2 atom stereocenters. The minimum absolute atomic E-state index is 0.174. The van der Waals surface area contributed by atoms with E-state index >= 15 is 0 Å². The van der Waals surface area contributed by atoms with Crippen LogP contribution in [0.2, 0.25) is 0 Å². The number of aromatic nitrogens is 2. The molecule has 0 saturated heterocycles. The van der Waals surface area contributed by atoms with Gasteiger partial charge in [-0.2, -0.15) is 5.10 Å². The SMILES string of the molecule is Cc1nn(C)c2sc(C(=O)NC3CCCCCCC3C(=O)O)cc12. The molecule has 24 heavy (non-hydrogen) atoms. The fraction of sp³-hybridized carbons (Fsp3) is 0.588. The van der Waals surface area contributed by atoms with Gasteiger partial charge in [0, 0.05) is 18.5 Å². The Balaban J connectivity index is 1.79. The molecule has 1 saturated carbocycles. The predicted molar refractivity (Wildman–Crippen MR) is 93.4 cm³/mol. The monoisotopic (exact) mass is 349 g/mol. The molecule has 2 heterocycles. The van der Waals surface area contributed by atoms with Crippen molar-refractivity contribution in [3.05, 3.63) is 16.6 Å². The Bertz CT molecular complexity index is 730. The van der Waals surface area contributed by atoms with Crippen LogP contribution in [0.1, 0.15) is 53.9 Å². The fourth-order valence-electron chi connectivity index (χ4n) is 3.51. The summed E-state index contributed by atoms with van der Waals surface area (Å²) >= 11 is 1.40. The highest BCUT2D eigenvalue weighted by molar-refractivity contribution is 7.20. The minimum atomic E-state index is -0.807. The molecule has 2 aromatic rings. The number of fused-ring (bicyclic) bond motifs is 1. The van der Waals surface area contributed by atoms with E-state index in [1.165, 1.54) is 11.3 Å². The molecule has 1 fully saturated rings. The van der Waals surface area contributed by atoms with E-state index in [1.54, 1.807) is 4.68 Å². The largest absolute Gasteiger partial charge is 0.481 e. The Morgan fingerprint density at radius 3 is 2.67 bits per heavy atom. The topological polar surface area (TPSA) is 84.2 Å². The van der Waals surface area contributed by atoms with Crippen LogP contribution in [0.3, 0.4) is 0 Å². The predicted octanol–water partition coefficient (Wildman–Crippen LogP) is 3.10. The van der Waals surface area contributed by atoms with Crippen LogP contribution in [0.5, 0.6) is 0 Å². The average Bonchev–Trinajstić information content (AvgIpc) is 3.04. The molecule has 7 heteroatoms.